The quantitative estimate of drug-likeness (QED) is 0.614. The average molecular weight is 417 g/mol. The largest absolute Gasteiger partial charge is 0.497 e. The van der Waals surface area contributed by atoms with E-state index < -0.39 is 5.60 Å². The third-order valence-electron chi connectivity index (χ3n) is 5.76. The third-order valence-corrected chi connectivity index (χ3v) is 5.76. The first-order valence-electron chi connectivity index (χ1n) is 10.9. The van der Waals surface area contributed by atoms with Crippen LogP contribution in [0.25, 0.3) is 10.9 Å². The molecule has 1 aromatic heterocycles. The van der Waals surface area contributed by atoms with Crippen molar-refractivity contribution < 1.29 is 19.0 Å². The Kier molecular flexibility index (Phi) is 6.96. The third kappa shape index (κ3) is 4.91. The molecule has 0 aliphatic carbocycles. The van der Waals surface area contributed by atoms with Crippen molar-refractivity contribution >= 4 is 17.0 Å². The molecule has 1 aliphatic rings. The van der Waals surface area contributed by atoms with Gasteiger partial charge in [0.05, 0.1) is 7.11 Å². The second-order valence-corrected chi connectivity index (χ2v) is 9.16. The summed E-state index contributed by atoms with van der Waals surface area (Å²) in [5.41, 5.74) is 3.33. The van der Waals surface area contributed by atoms with Gasteiger partial charge in [-0.15, -0.1) is 0 Å². The molecule has 166 valence electrons. The Labute approximate surface area is 180 Å². The fraction of sp³-hybridized carbons (Fsp3) is 0.625. The minimum atomic E-state index is -0.481. The smallest absolute Gasteiger partial charge is 0.410 e. The molecule has 1 saturated heterocycles. The first-order valence-corrected chi connectivity index (χ1v) is 10.9. The highest BCUT2D eigenvalue weighted by atomic mass is 16.6. The van der Waals surface area contributed by atoms with Crippen LogP contribution in [-0.4, -0.2) is 55.1 Å². The number of methoxy groups -OCH3 is 2. The molecule has 1 atom stereocenters. The number of piperidine rings is 1. The predicted molar refractivity (Wildman–Crippen MR) is 120 cm³/mol. The lowest BCUT2D eigenvalue weighted by Gasteiger charge is -2.35. The molecule has 1 aliphatic heterocycles. The van der Waals surface area contributed by atoms with E-state index in [9.17, 15) is 4.79 Å². The van der Waals surface area contributed by atoms with Gasteiger partial charge in [-0.1, -0.05) is 0 Å². The number of hydrogen-bond donors (Lipinski definition) is 0. The maximum atomic E-state index is 12.7. The van der Waals surface area contributed by atoms with Crippen molar-refractivity contribution in [3.05, 3.63) is 29.5 Å². The zero-order chi connectivity index (χ0) is 21.9. The summed E-state index contributed by atoms with van der Waals surface area (Å²) in [6.07, 6.45) is 2.78. The van der Waals surface area contributed by atoms with Crippen LogP contribution >= 0.6 is 0 Å². The Morgan fingerprint density at radius 2 is 2.00 bits per heavy atom. The number of rotatable bonds is 6. The molecule has 0 spiro atoms. The standard InChI is InChI=1S/C24H36N2O4/c1-17-20-15-19(29-6)10-11-21(20)26(13-8-14-28-5)22(17)18-9-7-12-25(16-18)23(27)30-24(2,3)4/h10-11,15,18H,7-9,12-14,16H2,1-6H3. The lowest BCUT2D eigenvalue weighted by molar-refractivity contribution is 0.0196. The second-order valence-electron chi connectivity index (χ2n) is 9.16. The molecular formula is C24H36N2O4. The number of likely N-dealkylation sites (tertiary alicyclic amines) is 1. The van der Waals surface area contributed by atoms with Gasteiger partial charge in [0.1, 0.15) is 11.4 Å². The summed E-state index contributed by atoms with van der Waals surface area (Å²) < 4.78 is 18.8. The number of ether oxygens (including phenoxy) is 3. The molecule has 1 fully saturated rings. The summed E-state index contributed by atoms with van der Waals surface area (Å²) in [6.45, 7) is 11.0. The van der Waals surface area contributed by atoms with E-state index in [2.05, 4.69) is 23.6 Å². The number of fused-ring (bicyclic) bond motifs is 1. The Morgan fingerprint density at radius 1 is 1.23 bits per heavy atom. The number of amides is 1. The number of aryl methyl sites for hydroxylation is 2. The maximum absolute atomic E-state index is 12.7. The second kappa shape index (κ2) is 9.29. The van der Waals surface area contributed by atoms with Crippen LogP contribution in [-0.2, 0) is 16.0 Å². The molecule has 1 aromatic carbocycles. The molecule has 6 nitrogen and oxygen atoms in total. The number of carbonyl (C=O) groups is 1. The van der Waals surface area contributed by atoms with Crippen molar-refractivity contribution in [1.82, 2.24) is 9.47 Å². The van der Waals surface area contributed by atoms with Crippen LogP contribution in [0.15, 0.2) is 18.2 Å². The first kappa shape index (κ1) is 22.5. The molecule has 0 bridgehead atoms. The number of benzene rings is 1. The number of aromatic nitrogens is 1. The summed E-state index contributed by atoms with van der Waals surface area (Å²) >= 11 is 0. The lowest BCUT2D eigenvalue weighted by Crippen LogP contribution is -2.42. The van der Waals surface area contributed by atoms with Crippen LogP contribution in [0.3, 0.4) is 0 Å². The van der Waals surface area contributed by atoms with Gasteiger partial charge < -0.3 is 23.7 Å². The van der Waals surface area contributed by atoms with Crippen molar-refractivity contribution in [3.63, 3.8) is 0 Å². The fourth-order valence-electron chi connectivity index (χ4n) is 4.48. The lowest BCUT2D eigenvalue weighted by atomic mass is 9.92. The molecule has 0 saturated carbocycles. The Bertz CT molecular complexity index is 881. The zero-order valence-corrected chi connectivity index (χ0v) is 19.3. The molecular weight excluding hydrogens is 380 g/mol. The van der Waals surface area contributed by atoms with Crippen molar-refractivity contribution in [2.45, 2.75) is 65.0 Å². The molecule has 30 heavy (non-hydrogen) atoms. The monoisotopic (exact) mass is 416 g/mol. The summed E-state index contributed by atoms with van der Waals surface area (Å²) in [6, 6.07) is 6.29. The van der Waals surface area contributed by atoms with E-state index in [4.69, 9.17) is 14.2 Å². The van der Waals surface area contributed by atoms with Crippen LogP contribution in [0.2, 0.25) is 0 Å². The molecule has 2 aromatic rings. The molecule has 0 radical (unpaired) electrons. The van der Waals surface area contributed by atoms with E-state index in [-0.39, 0.29) is 12.0 Å². The van der Waals surface area contributed by atoms with E-state index in [1.165, 1.54) is 22.2 Å². The van der Waals surface area contributed by atoms with Crippen molar-refractivity contribution in [3.8, 4) is 5.75 Å². The van der Waals surface area contributed by atoms with Crippen LogP contribution < -0.4 is 4.74 Å². The minimum absolute atomic E-state index is 0.214. The van der Waals surface area contributed by atoms with Gasteiger partial charge in [-0.05, 0) is 70.7 Å². The van der Waals surface area contributed by atoms with Gasteiger partial charge in [0.2, 0.25) is 0 Å². The Balaban J connectivity index is 1.95. The van der Waals surface area contributed by atoms with Gasteiger partial charge in [-0.3, -0.25) is 0 Å². The highest BCUT2D eigenvalue weighted by molar-refractivity contribution is 5.87. The molecule has 6 heteroatoms. The topological polar surface area (TPSA) is 52.9 Å². The Morgan fingerprint density at radius 3 is 2.67 bits per heavy atom. The molecule has 1 unspecified atom stereocenters. The number of hydrogen-bond acceptors (Lipinski definition) is 4. The highest BCUT2D eigenvalue weighted by Gasteiger charge is 2.31. The average Bonchev–Trinajstić information content (AvgIpc) is 2.98. The maximum Gasteiger partial charge on any atom is 0.410 e. The molecule has 2 heterocycles. The minimum Gasteiger partial charge on any atom is -0.497 e. The van der Waals surface area contributed by atoms with E-state index in [1.54, 1.807) is 14.2 Å². The van der Waals surface area contributed by atoms with Gasteiger partial charge >= 0.3 is 6.09 Å². The first-order chi connectivity index (χ1) is 14.2. The SMILES string of the molecule is COCCCn1c(C2CCCN(C(=O)OC(C)(C)C)C2)c(C)c2cc(OC)ccc21. The molecule has 3 rings (SSSR count). The Hall–Kier alpha value is -2.21. The van der Waals surface area contributed by atoms with E-state index >= 15 is 0 Å². The van der Waals surface area contributed by atoms with Crippen LogP contribution in [0.4, 0.5) is 4.79 Å². The van der Waals surface area contributed by atoms with E-state index in [0.29, 0.717) is 6.54 Å². The van der Waals surface area contributed by atoms with Gasteiger partial charge in [0.15, 0.2) is 0 Å². The summed E-state index contributed by atoms with van der Waals surface area (Å²) in [5, 5.41) is 1.22. The predicted octanol–water partition coefficient (Wildman–Crippen LogP) is 5.11. The summed E-state index contributed by atoms with van der Waals surface area (Å²) in [4.78, 5) is 14.6. The zero-order valence-electron chi connectivity index (χ0n) is 19.3. The normalized spacial score (nSPS) is 17.4. The van der Waals surface area contributed by atoms with Crippen LogP contribution in [0.1, 0.15) is 57.2 Å². The van der Waals surface area contributed by atoms with Crippen LogP contribution in [0, 0.1) is 6.92 Å². The summed E-state index contributed by atoms with van der Waals surface area (Å²) in [5.74, 6) is 1.15. The van der Waals surface area contributed by atoms with E-state index in [1.807, 2.05) is 31.7 Å². The van der Waals surface area contributed by atoms with Crippen molar-refractivity contribution in [2.24, 2.45) is 0 Å². The molecule has 0 N–H and O–H groups in total. The molecule has 1 amide bonds. The van der Waals surface area contributed by atoms with Crippen molar-refractivity contribution in [1.29, 1.82) is 0 Å². The van der Waals surface area contributed by atoms with Gasteiger partial charge in [-0.2, -0.15) is 0 Å². The van der Waals surface area contributed by atoms with Crippen LogP contribution in [0.5, 0.6) is 5.75 Å². The van der Waals surface area contributed by atoms with E-state index in [0.717, 1.165) is 44.7 Å². The summed E-state index contributed by atoms with van der Waals surface area (Å²) in [7, 11) is 3.44. The number of nitrogens with zero attached hydrogens (tertiary/aromatic N) is 2. The van der Waals surface area contributed by atoms with Gasteiger partial charge in [0, 0.05) is 55.9 Å². The fourth-order valence-corrected chi connectivity index (χ4v) is 4.48. The number of carbonyl (C=O) groups excluding carboxylic acids is 1. The van der Waals surface area contributed by atoms with Gasteiger partial charge in [-0.25, -0.2) is 4.79 Å². The van der Waals surface area contributed by atoms with Crippen molar-refractivity contribution in [2.75, 3.05) is 33.9 Å². The highest BCUT2D eigenvalue weighted by Crippen LogP contribution is 2.37. The van der Waals surface area contributed by atoms with Gasteiger partial charge in [0.25, 0.3) is 0 Å².